The van der Waals surface area contributed by atoms with Crippen LogP contribution in [0.1, 0.15) is 39.7 Å². The fraction of sp³-hybridized carbons (Fsp3) is 0.240. The number of halogens is 2. The molecule has 0 amide bonds. The smallest absolute Gasteiger partial charge is 0.0771 e. The van der Waals surface area contributed by atoms with Crippen LogP contribution in [0.4, 0.5) is 0 Å². The minimum atomic E-state index is -1.80. The van der Waals surface area contributed by atoms with Gasteiger partial charge in [-0.2, -0.15) is 17.7 Å². The van der Waals surface area contributed by atoms with Gasteiger partial charge in [0.25, 0.3) is 0 Å². The van der Waals surface area contributed by atoms with Crippen LogP contribution in [0.15, 0.2) is 78.9 Å². The van der Waals surface area contributed by atoms with Gasteiger partial charge in [0.05, 0.1) is 0 Å². The zero-order chi connectivity index (χ0) is 20.6. The van der Waals surface area contributed by atoms with Crippen molar-refractivity contribution in [1.29, 1.82) is 0 Å². The molecule has 0 radical (unpaired) electrons. The maximum Gasteiger partial charge on any atom is -0.0771 e. The van der Waals surface area contributed by atoms with E-state index in [1.54, 1.807) is 0 Å². The number of hydrogen-bond donors (Lipinski definition) is 0. The zero-order valence-electron chi connectivity index (χ0n) is 17.0. The van der Waals surface area contributed by atoms with Gasteiger partial charge in [0.2, 0.25) is 0 Å². The molecule has 0 heterocycles. The van der Waals surface area contributed by atoms with E-state index in [9.17, 15) is 0 Å². The first-order valence-corrected chi connectivity index (χ1v) is 17.3. The molecule has 0 N–H and O–H groups in total. The molecule has 0 aromatic heterocycles. The Morgan fingerprint density at radius 2 is 1.32 bits per heavy atom. The molecule has 0 aliphatic heterocycles. The molecule has 0 spiro atoms. The van der Waals surface area contributed by atoms with Crippen molar-refractivity contribution in [2.45, 2.75) is 39.5 Å². The van der Waals surface area contributed by atoms with Crippen molar-refractivity contribution in [1.82, 2.24) is 0 Å². The van der Waals surface area contributed by atoms with Gasteiger partial charge in [-0.3, -0.25) is 0 Å². The summed E-state index contributed by atoms with van der Waals surface area (Å²) in [5, 5.41) is 5.39. The van der Waals surface area contributed by atoms with Gasteiger partial charge in [-0.05, 0) is 0 Å². The van der Waals surface area contributed by atoms with E-state index in [1.807, 2.05) is 10.6 Å². The summed E-state index contributed by atoms with van der Waals surface area (Å²) in [7, 11) is 11.0. The summed E-state index contributed by atoms with van der Waals surface area (Å²) in [5.74, 6) is 0. The van der Waals surface area contributed by atoms with Crippen molar-refractivity contribution in [3.8, 4) is 0 Å². The second-order valence-electron chi connectivity index (χ2n) is 7.64. The first-order chi connectivity index (χ1) is 13.3. The monoisotopic (exact) mass is 488 g/mol. The van der Waals surface area contributed by atoms with Crippen LogP contribution in [0, 0.1) is 0 Å². The topological polar surface area (TPSA) is 0 Å². The van der Waals surface area contributed by atoms with E-state index in [-0.39, 0.29) is 0 Å². The van der Waals surface area contributed by atoms with Gasteiger partial charge in [0.1, 0.15) is 0 Å². The van der Waals surface area contributed by atoms with E-state index in [2.05, 4.69) is 99.6 Å². The van der Waals surface area contributed by atoms with E-state index < -0.39 is 18.9 Å². The molecule has 28 heavy (non-hydrogen) atoms. The predicted octanol–water partition coefficient (Wildman–Crippen LogP) is 8.54. The van der Waals surface area contributed by atoms with Crippen molar-refractivity contribution in [2.75, 3.05) is 0 Å². The number of hydrogen-bond acceptors (Lipinski definition) is 0. The normalized spacial score (nSPS) is 10.6. The van der Waals surface area contributed by atoms with Crippen LogP contribution in [0.5, 0.6) is 0 Å². The Bertz CT molecular complexity index is 948. The molecule has 0 aliphatic carbocycles. The minimum Gasteiger partial charge on any atom is -0.126 e. The molecule has 3 heteroatoms. The first kappa shape index (κ1) is 23.3. The summed E-state index contributed by atoms with van der Waals surface area (Å²) < 4.78 is 2.02. The summed E-state index contributed by atoms with van der Waals surface area (Å²) in [6, 6.07) is 27.8. The molecule has 0 saturated heterocycles. The number of rotatable bonds is 1. The molecule has 148 valence electrons. The van der Waals surface area contributed by atoms with Crippen molar-refractivity contribution < 1.29 is 18.9 Å². The van der Waals surface area contributed by atoms with Gasteiger partial charge in [-0.1, -0.05) is 62.6 Å². The second-order valence-corrected chi connectivity index (χ2v) is 16.0. The molecular weight excluding hydrogens is 462 g/mol. The minimum absolute atomic E-state index is 0.323. The molecule has 0 fully saturated rings. The predicted molar refractivity (Wildman–Crippen MR) is 126 cm³/mol. The molecule has 0 bridgehead atoms. The molecule has 0 aliphatic rings. The maximum absolute atomic E-state index is 5.48. The Balaban J connectivity index is 0.000000164. The van der Waals surface area contributed by atoms with Crippen molar-refractivity contribution in [3.63, 3.8) is 0 Å². The Morgan fingerprint density at radius 1 is 0.857 bits per heavy atom. The average Bonchev–Trinajstić information content (AvgIpc) is 3.30. The second kappa shape index (κ2) is 11.2. The van der Waals surface area contributed by atoms with Gasteiger partial charge in [-0.25, -0.2) is 12.1 Å². The van der Waals surface area contributed by atoms with Gasteiger partial charge in [0.15, 0.2) is 0 Å². The summed E-state index contributed by atoms with van der Waals surface area (Å²) in [5.41, 5.74) is 1.74. The molecule has 0 atom stereocenters. The van der Waals surface area contributed by atoms with E-state index in [0.29, 0.717) is 5.41 Å². The zero-order valence-corrected chi connectivity index (χ0v) is 21.0. The maximum atomic E-state index is 5.48. The molecule has 4 aromatic rings. The van der Waals surface area contributed by atoms with Gasteiger partial charge >= 0.3 is 53.0 Å². The van der Waals surface area contributed by atoms with E-state index in [4.69, 9.17) is 17.0 Å². The van der Waals surface area contributed by atoms with Gasteiger partial charge < -0.3 is 0 Å². The summed E-state index contributed by atoms with van der Waals surface area (Å²) in [6.07, 6.45) is 1.03. The van der Waals surface area contributed by atoms with Crippen molar-refractivity contribution in [2.24, 2.45) is 0 Å². The quantitative estimate of drug-likeness (QED) is 0.235. The third-order valence-corrected chi connectivity index (χ3v) is 8.00. The third kappa shape index (κ3) is 7.11. The Morgan fingerprint density at radius 3 is 1.64 bits per heavy atom. The molecule has 4 rings (SSSR count). The third-order valence-electron chi connectivity index (χ3n) is 4.41. The van der Waals surface area contributed by atoms with Crippen LogP contribution in [-0.4, -0.2) is 3.71 Å². The SMILES string of the molecule is CC(C)(C)[c-]1cccc1.CC[CH]=[Zr]([Cl])[Cl].c1ccc2c(c1)[cH-]c1ccccc12. The van der Waals surface area contributed by atoms with Crippen LogP contribution in [0.2, 0.25) is 0 Å². The fourth-order valence-corrected chi connectivity index (χ4v) is 5.52. The number of benzene rings is 2. The largest absolute Gasteiger partial charge is 0.126 e. The van der Waals surface area contributed by atoms with E-state index >= 15 is 0 Å². The van der Waals surface area contributed by atoms with Crippen molar-refractivity contribution in [3.05, 3.63) is 84.4 Å². The Labute approximate surface area is 184 Å². The number of fused-ring (bicyclic) bond motifs is 3. The summed E-state index contributed by atoms with van der Waals surface area (Å²) in [6.45, 7) is 8.72. The van der Waals surface area contributed by atoms with Gasteiger partial charge in [0, 0.05) is 0 Å². The van der Waals surface area contributed by atoms with E-state index in [0.717, 1.165) is 6.42 Å². The van der Waals surface area contributed by atoms with Crippen LogP contribution in [0.3, 0.4) is 0 Å². The summed E-state index contributed by atoms with van der Waals surface area (Å²) in [4.78, 5) is 0. The summed E-state index contributed by atoms with van der Waals surface area (Å²) >= 11 is -1.80. The first-order valence-electron chi connectivity index (χ1n) is 9.59. The molecule has 0 unspecified atom stereocenters. The van der Waals surface area contributed by atoms with Crippen LogP contribution >= 0.6 is 17.0 Å². The molecule has 4 aromatic carbocycles. The Hall–Kier alpha value is -1.01. The Kier molecular flexibility index (Phi) is 9.35. The molecule has 0 saturated carbocycles. The molecular formula is C25H28Cl2Zr-2. The standard InChI is InChI=1S/C13H9.C9H13.C3H6.2ClH.Zr/c1-3-7-12-10(5-1)9-11-6-2-4-8-13(11)12;1-9(2,3)8-6-4-5-7-8;1-3-2;;;/h1-9H;4-7H,1-3H3;1H,3H2,2H3;2*1H;/q2*-1;;;;+2/p-2. The average molecular weight is 491 g/mol. The van der Waals surface area contributed by atoms with Crippen LogP contribution in [-0.2, 0) is 24.3 Å². The van der Waals surface area contributed by atoms with Crippen molar-refractivity contribution >= 4 is 42.3 Å². The van der Waals surface area contributed by atoms with Crippen LogP contribution in [0.25, 0.3) is 21.5 Å². The fourth-order valence-electron chi connectivity index (χ4n) is 2.93. The van der Waals surface area contributed by atoms with Gasteiger partial charge in [-0.15, -0.1) is 39.7 Å². The van der Waals surface area contributed by atoms with Crippen LogP contribution < -0.4 is 0 Å². The molecule has 0 nitrogen and oxygen atoms in total. The van der Waals surface area contributed by atoms with E-state index in [1.165, 1.54) is 27.1 Å².